The summed E-state index contributed by atoms with van der Waals surface area (Å²) in [6, 6.07) is 7.16. The lowest BCUT2D eigenvalue weighted by Crippen LogP contribution is -2.42. The number of nitrogens with two attached hydrogens (primary N) is 1. The van der Waals surface area contributed by atoms with Crippen LogP contribution in [0.15, 0.2) is 30.6 Å². The fourth-order valence-corrected chi connectivity index (χ4v) is 3.36. The van der Waals surface area contributed by atoms with E-state index >= 15 is 0 Å². The van der Waals surface area contributed by atoms with Gasteiger partial charge >= 0.3 is 0 Å². The van der Waals surface area contributed by atoms with E-state index in [2.05, 4.69) is 32.1 Å². The lowest BCUT2D eigenvalue weighted by atomic mass is 10.1. The average molecular weight is 438 g/mol. The summed E-state index contributed by atoms with van der Waals surface area (Å²) in [6.07, 6.45) is -3.78. The highest BCUT2D eigenvalue weighted by atomic mass is 16.6. The van der Waals surface area contributed by atoms with Crippen molar-refractivity contribution in [2.24, 2.45) is 0 Å². The number of rotatable bonds is 4. The second kappa shape index (κ2) is 8.80. The van der Waals surface area contributed by atoms with Crippen LogP contribution < -0.4 is 15.8 Å². The van der Waals surface area contributed by atoms with Gasteiger partial charge in [-0.15, -0.1) is 0 Å². The van der Waals surface area contributed by atoms with E-state index in [1.54, 1.807) is 38.3 Å². The molecule has 0 bridgehead atoms. The van der Waals surface area contributed by atoms with Gasteiger partial charge in [0.1, 0.15) is 23.5 Å². The summed E-state index contributed by atoms with van der Waals surface area (Å²) < 4.78 is 12.2. The van der Waals surface area contributed by atoms with Crippen molar-refractivity contribution in [2.75, 3.05) is 19.4 Å². The lowest BCUT2D eigenvalue weighted by molar-refractivity contribution is -0.137. The number of nitrogen functional groups attached to an aromatic ring is 1. The maximum atomic E-state index is 12.1. The van der Waals surface area contributed by atoms with Crippen LogP contribution in [0.1, 0.15) is 24.5 Å². The summed E-state index contributed by atoms with van der Waals surface area (Å²) in [6.45, 7) is 2.10. The number of imidazole rings is 1. The minimum absolute atomic E-state index is 0.0982. The molecule has 5 N–H and O–H groups in total. The zero-order chi connectivity index (χ0) is 22.8. The number of nitrogens with zero attached hydrogens (tertiary/aromatic N) is 4. The van der Waals surface area contributed by atoms with Crippen molar-refractivity contribution in [3.05, 3.63) is 42.0 Å². The highest BCUT2D eigenvalue weighted by Gasteiger charge is 2.47. The van der Waals surface area contributed by atoms with Crippen molar-refractivity contribution in [2.45, 2.75) is 31.5 Å². The number of nitrogens with one attached hydrogen (secondary N) is 1. The standard InChI is InChI=1S/C21H22N6O5/c1-3-23-20(30)17-15(28)16(29)21(32-17)27-10-24-14-18(22)25-13(26-19(14)27)9-6-11-4-7-12(31-2)8-5-11/h4-5,7-8,10,15-17,21,28-29H,3H2,1-2H3,(H,23,30)(H2,22,25,26). The third-order valence-corrected chi connectivity index (χ3v) is 4.98. The van der Waals surface area contributed by atoms with Crippen LogP contribution in [-0.2, 0) is 9.53 Å². The van der Waals surface area contributed by atoms with Crippen LogP contribution in [0.2, 0.25) is 0 Å². The average Bonchev–Trinajstić information content (AvgIpc) is 3.34. The van der Waals surface area contributed by atoms with Gasteiger partial charge in [-0.25, -0.2) is 15.0 Å². The third-order valence-electron chi connectivity index (χ3n) is 4.98. The van der Waals surface area contributed by atoms with Gasteiger partial charge in [-0.1, -0.05) is 5.92 Å². The third kappa shape index (κ3) is 3.94. The van der Waals surface area contributed by atoms with Gasteiger partial charge in [-0.3, -0.25) is 9.36 Å². The molecule has 0 aliphatic carbocycles. The van der Waals surface area contributed by atoms with Crippen molar-refractivity contribution in [3.63, 3.8) is 0 Å². The number of carbonyl (C=O) groups is 1. The van der Waals surface area contributed by atoms with Crippen LogP contribution in [0, 0.1) is 11.8 Å². The number of amides is 1. The highest BCUT2D eigenvalue weighted by molar-refractivity contribution is 5.83. The van der Waals surface area contributed by atoms with Gasteiger partial charge in [0.05, 0.1) is 13.4 Å². The van der Waals surface area contributed by atoms with Gasteiger partial charge < -0.3 is 30.7 Å². The number of ether oxygens (including phenoxy) is 2. The normalized spacial score (nSPS) is 22.4. The summed E-state index contributed by atoms with van der Waals surface area (Å²) >= 11 is 0. The lowest BCUT2D eigenvalue weighted by Gasteiger charge is -2.16. The number of hydrogen-bond donors (Lipinski definition) is 4. The first-order valence-corrected chi connectivity index (χ1v) is 9.88. The van der Waals surface area contributed by atoms with E-state index in [1.165, 1.54) is 10.9 Å². The Hall–Kier alpha value is -3.72. The zero-order valence-corrected chi connectivity index (χ0v) is 17.4. The Bertz CT molecular complexity index is 1200. The maximum absolute atomic E-state index is 12.1. The Kier molecular flexibility index (Phi) is 5.91. The molecule has 1 aliphatic rings. The second-order valence-electron chi connectivity index (χ2n) is 7.06. The summed E-state index contributed by atoms with van der Waals surface area (Å²) in [5.41, 5.74) is 7.29. The Morgan fingerprint density at radius 2 is 2.00 bits per heavy atom. The molecular formula is C21H22N6O5. The Morgan fingerprint density at radius 3 is 2.69 bits per heavy atom. The smallest absolute Gasteiger partial charge is 0.252 e. The molecule has 4 rings (SSSR count). The number of aliphatic hydroxyl groups excluding tert-OH is 2. The number of anilines is 1. The number of methoxy groups -OCH3 is 1. The van der Waals surface area contributed by atoms with E-state index in [1.807, 2.05) is 0 Å². The SMILES string of the molecule is CCNC(=O)C1OC(n2cnc3c(N)nc(C#Cc4ccc(OC)cc4)nc32)C(O)C1O. The van der Waals surface area contributed by atoms with Gasteiger partial charge in [0.25, 0.3) is 5.91 Å². The number of hydrogen-bond acceptors (Lipinski definition) is 9. The van der Waals surface area contributed by atoms with Crippen molar-refractivity contribution in [3.8, 4) is 17.6 Å². The van der Waals surface area contributed by atoms with E-state index in [4.69, 9.17) is 15.2 Å². The quantitative estimate of drug-likeness (QED) is 0.397. The molecule has 3 aromatic rings. The fourth-order valence-electron chi connectivity index (χ4n) is 3.36. The number of aliphatic hydroxyl groups is 2. The van der Waals surface area contributed by atoms with Crippen LogP contribution >= 0.6 is 0 Å². The number of fused-ring (bicyclic) bond motifs is 1. The molecule has 1 amide bonds. The predicted octanol–water partition coefficient (Wildman–Crippen LogP) is -0.428. The van der Waals surface area contributed by atoms with Gasteiger partial charge in [-0.2, -0.15) is 0 Å². The molecule has 4 unspecified atom stereocenters. The van der Waals surface area contributed by atoms with Gasteiger partial charge in [-0.05, 0) is 37.1 Å². The molecule has 4 atom stereocenters. The summed E-state index contributed by atoms with van der Waals surface area (Å²) in [7, 11) is 1.58. The molecule has 11 heteroatoms. The van der Waals surface area contributed by atoms with Crippen LogP contribution in [0.3, 0.4) is 0 Å². The molecule has 1 saturated heterocycles. The molecule has 166 valence electrons. The van der Waals surface area contributed by atoms with Crippen LogP contribution in [0.25, 0.3) is 11.2 Å². The maximum Gasteiger partial charge on any atom is 0.252 e. The molecule has 0 radical (unpaired) electrons. The molecule has 32 heavy (non-hydrogen) atoms. The minimum Gasteiger partial charge on any atom is -0.497 e. The van der Waals surface area contributed by atoms with Gasteiger partial charge in [0.15, 0.2) is 23.8 Å². The Labute approximate surface area is 183 Å². The van der Waals surface area contributed by atoms with E-state index in [0.29, 0.717) is 12.3 Å². The molecule has 11 nitrogen and oxygen atoms in total. The molecule has 1 aromatic carbocycles. The summed E-state index contributed by atoms with van der Waals surface area (Å²) in [5, 5.41) is 23.4. The first kappa shape index (κ1) is 21.5. The van der Waals surface area contributed by atoms with E-state index in [-0.39, 0.29) is 22.8 Å². The van der Waals surface area contributed by atoms with Crippen LogP contribution in [-0.4, -0.2) is 67.6 Å². The van der Waals surface area contributed by atoms with Crippen molar-refractivity contribution in [1.82, 2.24) is 24.8 Å². The molecule has 1 fully saturated rings. The minimum atomic E-state index is -1.42. The Morgan fingerprint density at radius 1 is 1.25 bits per heavy atom. The molecule has 0 spiro atoms. The van der Waals surface area contributed by atoms with E-state index < -0.39 is 30.4 Å². The molecule has 2 aromatic heterocycles. The molecule has 3 heterocycles. The largest absolute Gasteiger partial charge is 0.497 e. The van der Waals surface area contributed by atoms with Gasteiger partial charge in [0.2, 0.25) is 5.82 Å². The first-order chi connectivity index (χ1) is 15.4. The fraction of sp³-hybridized carbons (Fsp3) is 0.333. The van der Waals surface area contributed by atoms with E-state index in [9.17, 15) is 15.0 Å². The van der Waals surface area contributed by atoms with E-state index in [0.717, 1.165) is 5.56 Å². The topological polar surface area (TPSA) is 158 Å². The van der Waals surface area contributed by atoms with Crippen LogP contribution in [0.5, 0.6) is 5.75 Å². The number of carbonyl (C=O) groups excluding carboxylic acids is 1. The summed E-state index contributed by atoms with van der Waals surface area (Å²) in [5.74, 6) is 6.23. The highest BCUT2D eigenvalue weighted by Crippen LogP contribution is 2.32. The predicted molar refractivity (Wildman–Crippen MR) is 113 cm³/mol. The monoisotopic (exact) mass is 438 g/mol. The van der Waals surface area contributed by atoms with Crippen molar-refractivity contribution in [1.29, 1.82) is 0 Å². The second-order valence-corrected chi connectivity index (χ2v) is 7.06. The molecule has 0 saturated carbocycles. The Balaban J connectivity index is 1.67. The molecular weight excluding hydrogens is 416 g/mol. The summed E-state index contributed by atoms with van der Waals surface area (Å²) in [4.78, 5) is 24.9. The zero-order valence-electron chi connectivity index (χ0n) is 17.4. The van der Waals surface area contributed by atoms with Crippen LogP contribution in [0.4, 0.5) is 5.82 Å². The molecule has 1 aliphatic heterocycles. The number of likely N-dealkylation sites (N-methyl/N-ethyl adjacent to an activating group) is 1. The number of aromatic nitrogens is 4. The van der Waals surface area contributed by atoms with Crippen molar-refractivity contribution < 1.29 is 24.5 Å². The van der Waals surface area contributed by atoms with Gasteiger partial charge in [0, 0.05) is 12.1 Å². The number of benzene rings is 1. The van der Waals surface area contributed by atoms with Crippen molar-refractivity contribution >= 4 is 22.9 Å². The first-order valence-electron chi connectivity index (χ1n) is 9.88.